The highest BCUT2D eigenvalue weighted by atomic mass is 16.7. The van der Waals surface area contributed by atoms with Crippen molar-refractivity contribution in [1.29, 1.82) is 0 Å². The van der Waals surface area contributed by atoms with E-state index in [1.807, 2.05) is 6.07 Å². The van der Waals surface area contributed by atoms with Gasteiger partial charge in [-0.1, -0.05) is 6.07 Å². The van der Waals surface area contributed by atoms with E-state index in [2.05, 4.69) is 0 Å². The van der Waals surface area contributed by atoms with Crippen molar-refractivity contribution >= 4 is 5.97 Å². The van der Waals surface area contributed by atoms with Crippen LogP contribution in [0.4, 0.5) is 0 Å². The molecule has 0 aromatic heterocycles. The van der Waals surface area contributed by atoms with E-state index < -0.39 is 11.8 Å². The molecule has 0 saturated carbocycles. The zero-order chi connectivity index (χ0) is 11.9. The van der Waals surface area contributed by atoms with Crippen LogP contribution in [-0.2, 0) is 21.7 Å². The molecule has 1 aliphatic heterocycles. The van der Waals surface area contributed by atoms with Gasteiger partial charge in [0.25, 0.3) is 0 Å². The third-order valence-corrected chi connectivity index (χ3v) is 3.47. The normalized spacial score (nSPS) is 21.4. The van der Waals surface area contributed by atoms with E-state index in [1.165, 1.54) is 0 Å². The first-order chi connectivity index (χ1) is 8.21. The van der Waals surface area contributed by atoms with Gasteiger partial charge in [-0.3, -0.25) is 0 Å². The van der Waals surface area contributed by atoms with Crippen molar-refractivity contribution in [1.82, 2.24) is 0 Å². The fourth-order valence-corrected chi connectivity index (χ4v) is 2.71. The molecule has 1 saturated heterocycles. The fraction of sp³-hybridized carbons (Fsp3) is 0.462. The van der Waals surface area contributed by atoms with Gasteiger partial charge in [0.05, 0.1) is 18.8 Å². The van der Waals surface area contributed by atoms with Crippen LogP contribution in [0.25, 0.3) is 0 Å². The van der Waals surface area contributed by atoms with Crippen LogP contribution in [0.3, 0.4) is 0 Å². The van der Waals surface area contributed by atoms with Crippen molar-refractivity contribution in [3.63, 3.8) is 0 Å². The van der Waals surface area contributed by atoms with Gasteiger partial charge >= 0.3 is 5.97 Å². The lowest BCUT2D eigenvalue weighted by molar-refractivity contribution is -0.175. The van der Waals surface area contributed by atoms with Gasteiger partial charge < -0.3 is 14.6 Å². The van der Waals surface area contributed by atoms with Crippen LogP contribution in [0, 0.1) is 0 Å². The van der Waals surface area contributed by atoms with Crippen LogP contribution in [0.2, 0.25) is 0 Å². The Morgan fingerprint density at radius 1 is 1.29 bits per heavy atom. The molecular weight excluding hydrogens is 220 g/mol. The van der Waals surface area contributed by atoms with Gasteiger partial charge in [-0.15, -0.1) is 0 Å². The van der Waals surface area contributed by atoms with Crippen LogP contribution in [0.1, 0.15) is 34.3 Å². The van der Waals surface area contributed by atoms with E-state index in [0.29, 0.717) is 18.8 Å². The smallest absolute Gasteiger partial charge is 0.335 e. The number of benzene rings is 1. The first-order valence-corrected chi connectivity index (χ1v) is 5.86. The zero-order valence-electron chi connectivity index (χ0n) is 9.44. The van der Waals surface area contributed by atoms with Crippen LogP contribution >= 0.6 is 0 Å². The van der Waals surface area contributed by atoms with Gasteiger partial charge in [0.15, 0.2) is 5.79 Å². The number of aryl methyl sites for hydroxylation is 1. The van der Waals surface area contributed by atoms with Gasteiger partial charge in [0, 0.05) is 12.0 Å². The second-order valence-corrected chi connectivity index (χ2v) is 4.48. The Labute approximate surface area is 99.2 Å². The van der Waals surface area contributed by atoms with E-state index >= 15 is 0 Å². The van der Waals surface area contributed by atoms with E-state index in [-0.39, 0.29) is 0 Å². The first-order valence-electron chi connectivity index (χ1n) is 5.86. The Balaban J connectivity index is 2.06. The van der Waals surface area contributed by atoms with Crippen molar-refractivity contribution < 1.29 is 19.4 Å². The number of hydrogen-bond acceptors (Lipinski definition) is 3. The molecule has 1 N–H and O–H groups in total. The average molecular weight is 234 g/mol. The Hall–Kier alpha value is -1.39. The molecule has 0 amide bonds. The molecule has 3 rings (SSSR count). The number of aromatic carboxylic acids is 1. The van der Waals surface area contributed by atoms with Crippen molar-refractivity contribution in [3.8, 4) is 0 Å². The number of carboxylic acids is 1. The zero-order valence-corrected chi connectivity index (χ0v) is 9.44. The minimum absolute atomic E-state index is 0.332. The summed E-state index contributed by atoms with van der Waals surface area (Å²) in [6.45, 7) is 1.22. The Kier molecular flexibility index (Phi) is 2.42. The number of carboxylic acid groups (broad SMARTS) is 1. The average Bonchev–Trinajstić information content (AvgIpc) is 2.78. The molecule has 1 aromatic rings. The molecule has 0 unspecified atom stereocenters. The minimum Gasteiger partial charge on any atom is -0.478 e. The number of fused-ring (bicyclic) bond motifs is 2. The van der Waals surface area contributed by atoms with Crippen LogP contribution in [0.5, 0.6) is 0 Å². The summed E-state index contributed by atoms with van der Waals surface area (Å²) in [4.78, 5) is 10.9. The summed E-state index contributed by atoms with van der Waals surface area (Å²) in [6.07, 6.45) is 2.72. The molecule has 17 heavy (non-hydrogen) atoms. The predicted molar refractivity (Wildman–Crippen MR) is 59.9 cm³/mol. The summed E-state index contributed by atoms with van der Waals surface area (Å²) in [5, 5.41) is 8.98. The van der Waals surface area contributed by atoms with Crippen molar-refractivity contribution in [2.24, 2.45) is 0 Å². The number of carbonyl (C=O) groups is 1. The Bertz CT molecular complexity index is 460. The summed E-state index contributed by atoms with van der Waals surface area (Å²) in [5.41, 5.74) is 2.38. The lowest BCUT2D eigenvalue weighted by atomic mass is 9.85. The molecule has 2 aliphatic rings. The second kappa shape index (κ2) is 3.82. The second-order valence-electron chi connectivity index (χ2n) is 4.48. The Morgan fingerprint density at radius 3 is 2.76 bits per heavy atom. The first kappa shape index (κ1) is 10.7. The number of ether oxygens (including phenoxy) is 2. The topological polar surface area (TPSA) is 55.8 Å². The fourth-order valence-electron chi connectivity index (χ4n) is 2.71. The Morgan fingerprint density at radius 2 is 2.06 bits per heavy atom. The van der Waals surface area contributed by atoms with Crippen LogP contribution < -0.4 is 0 Å². The van der Waals surface area contributed by atoms with Crippen LogP contribution in [0.15, 0.2) is 18.2 Å². The van der Waals surface area contributed by atoms with Crippen LogP contribution in [-0.4, -0.2) is 24.3 Å². The van der Waals surface area contributed by atoms with Crippen molar-refractivity contribution in [2.75, 3.05) is 13.2 Å². The van der Waals surface area contributed by atoms with E-state index in [0.717, 1.165) is 30.4 Å². The molecule has 1 aliphatic carbocycles. The molecule has 4 nitrogen and oxygen atoms in total. The summed E-state index contributed by atoms with van der Waals surface area (Å²) in [6, 6.07) is 5.20. The summed E-state index contributed by atoms with van der Waals surface area (Å²) < 4.78 is 11.5. The van der Waals surface area contributed by atoms with E-state index in [4.69, 9.17) is 14.6 Å². The maximum absolute atomic E-state index is 10.9. The largest absolute Gasteiger partial charge is 0.478 e. The molecule has 1 heterocycles. The standard InChI is InChI=1S/C13H14O4/c14-12(15)10-3-4-11-9(8-10)2-1-5-13(11)16-6-7-17-13/h3-4,8H,1-2,5-7H2,(H,14,15). The summed E-state index contributed by atoms with van der Waals surface area (Å²) in [7, 11) is 0. The predicted octanol–water partition coefficient (Wildman–Crippen LogP) is 1.92. The minimum atomic E-state index is -0.888. The molecule has 0 bridgehead atoms. The van der Waals surface area contributed by atoms with E-state index in [9.17, 15) is 4.79 Å². The lowest BCUT2D eigenvalue weighted by Gasteiger charge is -2.33. The highest BCUT2D eigenvalue weighted by molar-refractivity contribution is 5.88. The SMILES string of the molecule is O=C(O)c1ccc2c(c1)CCCC21OCCO1. The quantitative estimate of drug-likeness (QED) is 0.806. The summed E-state index contributed by atoms with van der Waals surface area (Å²) >= 11 is 0. The van der Waals surface area contributed by atoms with Gasteiger partial charge in [0.2, 0.25) is 0 Å². The monoisotopic (exact) mass is 234 g/mol. The van der Waals surface area contributed by atoms with Gasteiger partial charge in [-0.25, -0.2) is 4.79 Å². The number of rotatable bonds is 1. The third-order valence-electron chi connectivity index (χ3n) is 3.47. The number of hydrogen-bond donors (Lipinski definition) is 1. The third kappa shape index (κ3) is 1.64. The highest BCUT2D eigenvalue weighted by Crippen LogP contribution is 2.42. The van der Waals surface area contributed by atoms with Crippen molar-refractivity contribution in [3.05, 3.63) is 34.9 Å². The van der Waals surface area contributed by atoms with Crippen molar-refractivity contribution in [2.45, 2.75) is 25.0 Å². The highest BCUT2D eigenvalue weighted by Gasteiger charge is 2.42. The lowest BCUT2D eigenvalue weighted by Crippen LogP contribution is -2.32. The maximum Gasteiger partial charge on any atom is 0.335 e. The molecule has 0 radical (unpaired) electrons. The summed E-state index contributed by atoms with van der Waals surface area (Å²) in [5.74, 6) is -1.49. The molecule has 1 spiro atoms. The molecule has 1 fully saturated rings. The van der Waals surface area contributed by atoms with Gasteiger partial charge in [0.1, 0.15) is 0 Å². The molecule has 0 atom stereocenters. The molecular formula is C13H14O4. The van der Waals surface area contributed by atoms with Gasteiger partial charge in [-0.2, -0.15) is 0 Å². The van der Waals surface area contributed by atoms with E-state index in [1.54, 1.807) is 12.1 Å². The maximum atomic E-state index is 10.9. The molecule has 4 heteroatoms. The molecule has 1 aromatic carbocycles. The molecule has 90 valence electrons. The van der Waals surface area contributed by atoms with Gasteiger partial charge in [-0.05, 0) is 30.5 Å².